The molecule has 1 fully saturated rings. The molecule has 0 unspecified atom stereocenters. The second kappa shape index (κ2) is 9.08. The fourth-order valence-corrected chi connectivity index (χ4v) is 3.66. The van der Waals surface area contributed by atoms with Gasteiger partial charge in [-0.1, -0.05) is 0 Å². The number of carbonyl (C=O) groups excluding carboxylic acids is 3. The number of amides is 2. The maximum absolute atomic E-state index is 13.3. The van der Waals surface area contributed by atoms with E-state index in [1.54, 1.807) is 11.8 Å². The first-order valence-corrected chi connectivity index (χ1v) is 9.94. The Bertz CT molecular complexity index is 926. The highest BCUT2D eigenvalue weighted by molar-refractivity contribution is 7.14. The van der Waals surface area contributed by atoms with Gasteiger partial charge in [-0.15, -0.1) is 11.3 Å². The van der Waals surface area contributed by atoms with Crippen molar-refractivity contribution in [2.75, 3.05) is 25.0 Å². The standard InChI is InChI=1S/C19H19F2N3O4S/c1-2-28-18(27)11-5-7-24(8-6-11)17(26)15-10-29-19(22-15)23-16(25)12-3-4-13(20)14(21)9-12/h3-4,9-11H,2,5-8H2,1H3,(H,22,23,25). The third-order valence-corrected chi connectivity index (χ3v) is 5.29. The smallest absolute Gasteiger partial charge is 0.309 e. The van der Waals surface area contributed by atoms with E-state index in [0.29, 0.717) is 32.5 Å². The van der Waals surface area contributed by atoms with Gasteiger partial charge >= 0.3 is 5.97 Å². The van der Waals surface area contributed by atoms with Crippen LogP contribution in [0, 0.1) is 17.6 Å². The predicted octanol–water partition coefficient (Wildman–Crippen LogP) is 3.09. The summed E-state index contributed by atoms with van der Waals surface area (Å²) in [7, 11) is 0. The lowest BCUT2D eigenvalue weighted by Gasteiger charge is -2.30. The van der Waals surface area contributed by atoms with E-state index in [1.165, 1.54) is 5.38 Å². The third kappa shape index (κ3) is 4.94. The highest BCUT2D eigenvalue weighted by Crippen LogP contribution is 2.23. The number of halogens is 2. The number of benzene rings is 1. The molecule has 2 heterocycles. The van der Waals surface area contributed by atoms with Crippen molar-refractivity contribution >= 4 is 34.3 Å². The molecule has 1 aromatic heterocycles. The first-order chi connectivity index (χ1) is 13.9. The summed E-state index contributed by atoms with van der Waals surface area (Å²) >= 11 is 1.05. The minimum Gasteiger partial charge on any atom is -0.466 e. The van der Waals surface area contributed by atoms with E-state index in [9.17, 15) is 23.2 Å². The molecule has 0 aliphatic carbocycles. The third-order valence-electron chi connectivity index (χ3n) is 4.53. The highest BCUT2D eigenvalue weighted by Gasteiger charge is 2.29. The van der Waals surface area contributed by atoms with Crippen LogP contribution in [0.25, 0.3) is 0 Å². The summed E-state index contributed by atoms with van der Waals surface area (Å²) in [6.07, 6.45) is 1.04. The van der Waals surface area contributed by atoms with Gasteiger partial charge in [-0.25, -0.2) is 13.8 Å². The first-order valence-electron chi connectivity index (χ1n) is 9.07. The molecule has 0 radical (unpaired) electrons. The van der Waals surface area contributed by atoms with Gasteiger partial charge in [-0.3, -0.25) is 19.7 Å². The average molecular weight is 423 g/mol. The fraction of sp³-hybridized carbons (Fsp3) is 0.368. The summed E-state index contributed by atoms with van der Waals surface area (Å²) in [5.41, 5.74) is 0.109. The largest absolute Gasteiger partial charge is 0.466 e. The SMILES string of the molecule is CCOC(=O)C1CCN(C(=O)c2csc(NC(=O)c3ccc(F)c(F)c3)n2)CC1. The lowest BCUT2D eigenvalue weighted by atomic mass is 9.97. The van der Waals surface area contributed by atoms with Gasteiger partial charge in [0, 0.05) is 24.0 Å². The number of aromatic nitrogens is 1. The first kappa shape index (κ1) is 20.8. The Hall–Kier alpha value is -2.88. The zero-order valence-electron chi connectivity index (χ0n) is 15.6. The number of carbonyl (C=O) groups is 3. The normalized spacial score (nSPS) is 14.5. The Kier molecular flexibility index (Phi) is 6.53. The molecule has 0 saturated carbocycles. The zero-order valence-corrected chi connectivity index (χ0v) is 16.4. The Morgan fingerprint density at radius 2 is 1.97 bits per heavy atom. The number of rotatable bonds is 5. The van der Waals surface area contributed by atoms with Crippen LogP contribution in [0.2, 0.25) is 0 Å². The minimum absolute atomic E-state index is 0.0620. The number of hydrogen-bond donors (Lipinski definition) is 1. The second-order valence-electron chi connectivity index (χ2n) is 6.44. The molecule has 1 aliphatic heterocycles. The summed E-state index contributed by atoms with van der Waals surface area (Å²) in [6, 6.07) is 2.81. The van der Waals surface area contributed by atoms with Gasteiger partial charge in [-0.05, 0) is 38.0 Å². The maximum atomic E-state index is 13.3. The fourth-order valence-electron chi connectivity index (χ4n) is 2.98. The summed E-state index contributed by atoms with van der Waals surface area (Å²) in [6.45, 7) is 2.91. The Morgan fingerprint density at radius 3 is 2.62 bits per heavy atom. The average Bonchev–Trinajstić information content (AvgIpc) is 3.18. The molecule has 7 nitrogen and oxygen atoms in total. The van der Waals surface area contributed by atoms with Crippen molar-refractivity contribution in [1.29, 1.82) is 0 Å². The van der Waals surface area contributed by atoms with Gasteiger partial charge in [0.15, 0.2) is 16.8 Å². The number of piperidine rings is 1. The molecule has 1 N–H and O–H groups in total. The summed E-state index contributed by atoms with van der Waals surface area (Å²) in [5, 5.41) is 4.15. The Morgan fingerprint density at radius 1 is 1.24 bits per heavy atom. The van der Waals surface area contributed by atoms with Crippen LogP contribution in [0.5, 0.6) is 0 Å². The number of likely N-dealkylation sites (tertiary alicyclic amines) is 1. The Labute approximate surface area is 169 Å². The van der Waals surface area contributed by atoms with Crippen molar-refractivity contribution in [3.8, 4) is 0 Å². The monoisotopic (exact) mass is 423 g/mol. The van der Waals surface area contributed by atoms with Crippen molar-refractivity contribution in [2.45, 2.75) is 19.8 Å². The van der Waals surface area contributed by atoms with Crippen LogP contribution in [0.3, 0.4) is 0 Å². The van der Waals surface area contributed by atoms with Gasteiger partial charge in [-0.2, -0.15) is 0 Å². The lowest BCUT2D eigenvalue weighted by molar-refractivity contribution is -0.149. The number of nitrogens with zero attached hydrogens (tertiary/aromatic N) is 2. The van der Waals surface area contributed by atoms with E-state index >= 15 is 0 Å². The molecule has 0 bridgehead atoms. The van der Waals surface area contributed by atoms with Gasteiger partial charge in [0.05, 0.1) is 12.5 Å². The number of hydrogen-bond acceptors (Lipinski definition) is 6. The van der Waals surface area contributed by atoms with Crippen molar-refractivity contribution in [1.82, 2.24) is 9.88 Å². The predicted molar refractivity (Wildman–Crippen MR) is 102 cm³/mol. The molecule has 2 aromatic rings. The van der Waals surface area contributed by atoms with Crippen molar-refractivity contribution < 1.29 is 27.9 Å². The summed E-state index contributed by atoms with van der Waals surface area (Å²) < 4.78 is 31.3. The molecule has 0 atom stereocenters. The van der Waals surface area contributed by atoms with Crippen molar-refractivity contribution in [3.63, 3.8) is 0 Å². The molecule has 1 saturated heterocycles. The molecule has 1 aromatic carbocycles. The quantitative estimate of drug-likeness (QED) is 0.747. The molecule has 29 heavy (non-hydrogen) atoms. The van der Waals surface area contributed by atoms with Gasteiger partial charge in [0.1, 0.15) is 5.69 Å². The molecule has 154 valence electrons. The van der Waals surface area contributed by atoms with Gasteiger partial charge in [0.2, 0.25) is 0 Å². The lowest BCUT2D eigenvalue weighted by Crippen LogP contribution is -2.40. The number of thiazole rings is 1. The van der Waals surface area contributed by atoms with Crippen LogP contribution in [-0.4, -0.2) is 47.4 Å². The second-order valence-corrected chi connectivity index (χ2v) is 7.30. The van der Waals surface area contributed by atoms with Crippen LogP contribution in [-0.2, 0) is 9.53 Å². The van der Waals surface area contributed by atoms with E-state index in [1.807, 2.05) is 0 Å². The number of nitrogens with one attached hydrogen (secondary N) is 1. The van der Waals surface area contributed by atoms with E-state index in [0.717, 1.165) is 29.5 Å². The van der Waals surface area contributed by atoms with Crippen LogP contribution in [0.15, 0.2) is 23.6 Å². The summed E-state index contributed by atoms with van der Waals surface area (Å²) in [5.74, 6) is -3.57. The minimum atomic E-state index is -1.13. The van der Waals surface area contributed by atoms with E-state index < -0.39 is 17.5 Å². The molecular weight excluding hydrogens is 404 g/mol. The molecule has 2 amide bonds. The molecule has 0 spiro atoms. The van der Waals surface area contributed by atoms with Crippen molar-refractivity contribution in [2.24, 2.45) is 5.92 Å². The van der Waals surface area contributed by atoms with Crippen LogP contribution >= 0.6 is 11.3 Å². The van der Waals surface area contributed by atoms with E-state index in [4.69, 9.17) is 4.74 Å². The number of anilines is 1. The molecule has 3 rings (SSSR count). The highest BCUT2D eigenvalue weighted by atomic mass is 32.1. The van der Waals surface area contributed by atoms with Gasteiger partial charge in [0.25, 0.3) is 11.8 Å². The van der Waals surface area contributed by atoms with E-state index in [-0.39, 0.29) is 34.2 Å². The zero-order chi connectivity index (χ0) is 21.0. The van der Waals surface area contributed by atoms with Crippen LogP contribution in [0.1, 0.15) is 40.6 Å². The van der Waals surface area contributed by atoms with Crippen molar-refractivity contribution in [3.05, 3.63) is 46.5 Å². The molecule has 1 aliphatic rings. The topological polar surface area (TPSA) is 88.6 Å². The molecule has 10 heteroatoms. The Balaban J connectivity index is 1.58. The van der Waals surface area contributed by atoms with Gasteiger partial charge < -0.3 is 9.64 Å². The van der Waals surface area contributed by atoms with Crippen LogP contribution < -0.4 is 5.32 Å². The number of esters is 1. The molecular formula is C19H19F2N3O4S. The summed E-state index contributed by atoms with van der Waals surface area (Å²) in [4.78, 5) is 42.2. The maximum Gasteiger partial charge on any atom is 0.309 e. The number of ether oxygens (including phenoxy) is 1. The van der Waals surface area contributed by atoms with Crippen LogP contribution in [0.4, 0.5) is 13.9 Å². The van der Waals surface area contributed by atoms with E-state index in [2.05, 4.69) is 10.3 Å².